The number of rotatable bonds is 2. The average molecular weight is 325 g/mol. The third kappa shape index (κ3) is 3.06. The van der Waals surface area contributed by atoms with Crippen molar-refractivity contribution in [3.63, 3.8) is 0 Å². The SMILES string of the molecule is Cc1cc(C#N)cc(Oc2cc(Br)cc(F)c2F)n1. The molecule has 0 unspecified atom stereocenters. The molecule has 0 aliphatic rings. The zero-order valence-corrected chi connectivity index (χ0v) is 11.3. The zero-order chi connectivity index (χ0) is 14.0. The van der Waals surface area contributed by atoms with Gasteiger partial charge in [-0.05, 0) is 25.1 Å². The van der Waals surface area contributed by atoms with Crippen LogP contribution in [-0.4, -0.2) is 4.98 Å². The van der Waals surface area contributed by atoms with Gasteiger partial charge < -0.3 is 4.74 Å². The summed E-state index contributed by atoms with van der Waals surface area (Å²) in [5.41, 5.74) is 0.878. The Bertz CT molecular complexity index is 683. The minimum atomic E-state index is -1.11. The van der Waals surface area contributed by atoms with Gasteiger partial charge in [-0.3, -0.25) is 0 Å². The van der Waals surface area contributed by atoms with Crippen LogP contribution in [0.2, 0.25) is 0 Å². The van der Waals surface area contributed by atoms with Crippen molar-refractivity contribution in [1.82, 2.24) is 4.98 Å². The van der Waals surface area contributed by atoms with Gasteiger partial charge in [-0.1, -0.05) is 15.9 Å². The van der Waals surface area contributed by atoms with Crippen molar-refractivity contribution in [3.05, 3.63) is 51.6 Å². The maximum atomic E-state index is 13.5. The van der Waals surface area contributed by atoms with Crippen molar-refractivity contribution in [3.8, 4) is 17.7 Å². The second kappa shape index (κ2) is 5.33. The molecule has 3 nitrogen and oxygen atoms in total. The second-order valence-corrected chi connectivity index (χ2v) is 4.66. The van der Waals surface area contributed by atoms with Gasteiger partial charge in [0.1, 0.15) is 0 Å². The first-order valence-electron chi connectivity index (χ1n) is 5.21. The van der Waals surface area contributed by atoms with E-state index in [-0.39, 0.29) is 11.6 Å². The maximum Gasteiger partial charge on any atom is 0.220 e. The lowest BCUT2D eigenvalue weighted by Crippen LogP contribution is -1.96. The highest BCUT2D eigenvalue weighted by molar-refractivity contribution is 9.10. The van der Waals surface area contributed by atoms with E-state index in [1.807, 2.05) is 6.07 Å². The smallest absolute Gasteiger partial charge is 0.220 e. The fraction of sp³-hybridized carbons (Fsp3) is 0.0769. The van der Waals surface area contributed by atoms with Crippen LogP contribution in [0.5, 0.6) is 11.6 Å². The maximum absolute atomic E-state index is 13.5. The summed E-state index contributed by atoms with van der Waals surface area (Å²) < 4.78 is 32.3. The average Bonchev–Trinajstić information content (AvgIpc) is 2.34. The molecule has 0 spiro atoms. The third-order valence-corrected chi connectivity index (χ3v) is 2.69. The van der Waals surface area contributed by atoms with E-state index in [0.29, 0.717) is 15.7 Å². The van der Waals surface area contributed by atoms with Crippen LogP contribution in [0.3, 0.4) is 0 Å². The topological polar surface area (TPSA) is 45.9 Å². The first-order chi connectivity index (χ1) is 8.99. The van der Waals surface area contributed by atoms with Crippen molar-refractivity contribution < 1.29 is 13.5 Å². The molecule has 0 fully saturated rings. The summed E-state index contributed by atoms with van der Waals surface area (Å²) >= 11 is 3.04. The molecule has 1 aromatic carbocycles. The Labute approximate surface area is 116 Å². The van der Waals surface area contributed by atoms with Gasteiger partial charge in [0.05, 0.1) is 11.6 Å². The van der Waals surface area contributed by atoms with Crippen molar-refractivity contribution in [2.24, 2.45) is 0 Å². The first kappa shape index (κ1) is 13.4. The Balaban J connectivity index is 2.42. The lowest BCUT2D eigenvalue weighted by Gasteiger charge is -2.08. The van der Waals surface area contributed by atoms with E-state index in [4.69, 9.17) is 10.00 Å². The standard InChI is InChI=1S/C13H7BrF2N2O/c1-7-2-8(6-17)3-12(18-7)19-11-5-9(14)4-10(15)13(11)16/h2-5H,1H3. The van der Waals surface area contributed by atoms with Gasteiger partial charge >= 0.3 is 0 Å². The number of nitrogens with zero attached hydrogens (tertiary/aromatic N) is 2. The summed E-state index contributed by atoms with van der Waals surface area (Å²) in [6, 6.07) is 7.13. The third-order valence-electron chi connectivity index (χ3n) is 2.23. The highest BCUT2D eigenvalue weighted by Gasteiger charge is 2.13. The van der Waals surface area contributed by atoms with E-state index in [1.54, 1.807) is 13.0 Å². The molecule has 0 saturated heterocycles. The fourth-order valence-electron chi connectivity index (χ4n) is 1.47. The molecular formula is C13H7BrF2N2O. The Morgan fingerprint density at radius 3 is 2.68 bits per heavy atom. The molecule has 6 heteroatoms. The van der Waals surface area contributed by atoms with E-state index in [0.717, 1.165) is 6.07 Å². The molecular weight excluding hydrogens is 318 g/mol. The van der Waals surface area contributed by atoms with Gasteiger partial charge in [0.25, 0.3) is 0 Å². The van der Waals surface area contributed by atoms with Crippen molar-refractivity contribution in [1.29, 1.82) is 5.26 Å². The second-order valence-electron chi connectivity index (χ2n) is 3.75. The summed E-state index contributed by atoms with van der Waals surface area (Å²) in [6.45, 7) is 1.67. The zero-order valence-electron chi connectivity index (χ0n) is 9.75. The monoisotopic (exact) mass is 324 g/mol. The van der Waals surface area contributed by atoms with Crippen molar-refractivity contribution in [2.45, 2.75) is 6.92 Å². The van der Waals surface area contributed by atoms with Gasteiger partial charge in [-0.25, -0.2) is 9.37 Å². The number of aromatic nitrogens is 1. The molecule has 0 amide bonds. The van der Waals surface area contributed by atoms with Crippen LogP contribution in [0.1, 0.15) is 11.3 Å². The molecule has 2 rings (SSSR count). The van der Waals surface area contributed by atoms with Crippen molar-refractivity contribution >= 4 is 15.9 Å². The molecule has 0 radical (unpaired) electrons. The summed E-state index contributed by atoms with van der Waals surface area (Å²) in [5.74, 6) is -2.40. The number of aryl methyl sites for hydroxylation is 1. The molecule has 1 aromatic heterocycles. The number of hydrogen-bond acceptors (Lipinski definition) is 3. The van der Waals surface area contributed by atoms with Gasteiger partial charge in [-0.2, -0.15) is 9.65 Å². The van der Waals surface area contributed by atoms with E-state index >= 15 is 0 Å². The summed E-state index contributed by atoms with van der Waals surface area (Å²) in [6.07, 6.45) is 0. The van der Waals surface area contributed by atoms with E-state index in [2.05, 4.69) is 20.9 Å². The lowest BCUT2D eigenvalue weighted by atomic mass is 10.2. The van der Waals surface area contributed by atoms with Crippen LogP contribution in [0.25, 0.3) is 0 Å². The quantitative estimate of drug-likeness (QED) is 0.781. The summed E-state index contributed by atoms with van der Waals surface area (Å²) in [4.78, 5) is 4.00. The molecule has 1 heterocycles. The Morgan fingerprint density at radius 2 is 2.00 bits per heavy atom. The lowest BCUT2D eigenvalue weighted by molar-refractivity contribution is 0.404. The molecule has 0 N–H and O–H groups in total. The van der Waals surface area contributed by atoms with E-state index in [1.165, 1.54) is 12.1 Å². The summed E-state index contributed by atoms with van der Waals surface area (Å²) in [7, 11) is 0. The largest absolute Gasteiger partial charge is 0.436 e. The normalized spacial score (nSPS) is 10.1. The highest BCUT2D eigenvalue weighted by atomic mass is 79.9. The molecule has 0 saturated carbocycles. The van der Waals surface area contributed by atoms with Gasteiger partial charge in [0.2, 0.25) is 11.7 Å². The van der Waals surface area contributed by atoms with E-state index < -0.39 is 11.6 Å². The Morgan fingerprint density at radius 1 is 1.26 bits per heavy atom. The first-order valence-corrected chi connectivity index (χ1v) is 6.00. The number of nitriles is 1. The highest BCUT2D eigenvalue weighted by Crippen LogP contribution is 2.29. The van der Waals surface area contributed by atoms with Crippen LogP contribution in [0.15, 0.2) is 28.7 Å². The fourth-order valence-corrected chi connectivity index (χ4v) is 1.88. The number of hydrogen-bond donors (Lipinski definition) is 0. The molecule has 0 atom stereocenters. The minimum Gasteiger partial charge on any atom is -0.436 e. The molecule has 19 heavy (non-hydrogen) atoms. The van der Waals surface area contributed by atoms with Crippen LogP contribution >= 0.6 is 15.9 Å². The van der Waals surface area contributed by atoms with Crippen LogP contribution in [-0.2, 0) is 0 Å². The van der Waals surface area contributed by atoms with E-state index in [9.17, 15) is 8.78 Å². The van der Waals surface area contributed by atoms with Crippen LogP contribution in [0.4, 0.5) is 8.78 Å². The molecule has 0 bridgehead atoms. The summed E-state index contributed by atoms with van der Waals surface area (Å²) in [5, 5.41) is 8.82. The Hall–Kier alpha value is -2.00. The molecule has 0 aliphatic carbocycles. The van der Waals surface area contributed by atoms with Gasteiger partial charge in [0.15, 0.2) is 11.6 Å². The van der Waals surface area contributed by atoms with Crippen LogP contribution < -0.4 is 4.74 Å². The molecule has 2 aromatic rings. The Kier molecular flexibility index (Phi) is 3.76. The number of benzene rings is 1. The minimum absolute atomic E-state index is 0.0351. The van der Waals surface area contributed by atoms with Gasteiger partial charge in [0, 0.05) is 16.2 Å². The molecule has 0 aliphatic heterocycles. The van der Waals surface area contributed by atoms with Crippen LogP contribution in [0, 0.1) is 29.9 Å². The van der Waals surface area contributed by atoms with Gasteiger partial charge in [-0.15, -0.1) is 0 Å². The predicted molar refractivity (Wildman–Crippen MR) is 67.8 cm³/mol. The number of halogens is 3. The predicted octanol–water partition coefficient (Wildman–Crippen LogP) is 4.09. The number of pyridine rings is 1. The number of ether oxygens (including phenoxy) is 1. The van der Waals surface area contributed by atoms with Crippen molar-refractivity contribution in [2.75, 3.05) is 0 Å². The molecule has 96 valence electrons.